The second kappa shape index (κ2) is 7.40. The molecule has 2 aromatic carbocycles. The number of nitrogens with one attached hydrogen (secondary N) is 1. The van der Waals surface area contributed by atoms with Gasteiger partial charge in [0.2, 0.25) is 0 Å². The van der Waals surface area contributed by atoms with Gasteiger partial charge in [-0.15, -0.1) is 0 Å². The Hall–Kier alpha value is -2.40. The highest BCUT2D eigenvalue weighted by Gasteiger charge is 2.05. The lowest BCUT2D eigenvalue weighted by molar-refractivity contribution is 0.0944. The molecule has 21 heavy (non-hydrogen) atoms. The third kappa shape index (κ3) is 4.29. The molecule has 5 heteroatoms. The summed E-state index contributed by atoms with van der Waals surface area (Å²) in [4.78, 5) is 11.6. The number of halogens is 1. The first kappa shape index (κ1) is 15.0. The van der Waals surface area contributed by atoms with Crippen molar-refractivity contribution >= 4 is 5.91 Å². The number of amides is 1. The molecule has 110 valence electrons. The summed E-state index contributed by atoms with van der Waals surface area (Å²) in [5.41, 5.74) is 0.948. The summed E-state index contributed by atoms with van der Waals surface area (Å²) in [6, 6.07) is 12.9. The summed E-state index contributed by atoms with van der Waals surface area (Å²) in [6.07, 6.45) is 0. The van der Waals surface area contributed by atoms with E-state index >= 15 is 0 Å². The first-order valence-corrected chi connectivity index (χ1v) is 6.56. The normalized spacial score (nSPS) is 10.2. The van der Waals surface area contributed by atoms with Gasteiger partial charge in [0.25, 0.3) is 5.91 Å². The molecule has 0 radical (unpaired) electrons. The number of aliphatic hydroxyl groups excluding tert-OH is 1. The third-order valence-electron chi connectivity index (χ3n) is 2.87. The summed E-state index contributed by atoms with van der Waals surface area (Å²) < 4.78 is 18.9. The molecule has 4 nitrogen and oxygen atoms in total. The van der Waals surface area contributed by atoms with E-state index in [1.165, 1.54) is 6.07 Å². The van der Waals surface area contributed by atoms with Crippen molar-refractivity contribution in [3.05, 3.63) is 65.5 Å². The Bertz CT molecular complexity index is 599. The van der Waals surface area contributed by atoms with E-state index in [-0.39, 0.29) is 31.5 Å². The average molecular weight is 289 g/mol. The number of hydrogen-bond acceptors (Lipinski definition) is 3. The molecule has 0 saturated carbocycles. The highest BCUT2D eigenvalue weighted by atomic mass is 19.1. The predicted molar refractivity (Wildman–Crippen MR) is 76.6 cm³/mol. The Balaban J connectivity index is 1.93. The van der Waals surface area contributed by atoms with Crippen LogP contribution in [0.3, 0.4) is 0 Å². The van der Waals surface area contributed by atoms with Crippen LogP contribution in [0.1, 0.15) is 15.9 Å². The van der Waals surface area contributed by atoms with Gasteiger partial charge in [-0.1, -0.05) is 18.2 Å². The van der Waals surface area contributed by atoms with Gasteiger partial charge in [0.05, 0.1) is 6.61 Å². The van der Waals surface area contributed by atoms with Crippen molar-refractivity contribution in [1.82, 2.24) is 5.32 Å². The number of rotatable bonds is 6. The van der Waals surface area contributed by atoms with Gasteiger partial charge in [0, 0.05) is 17.7 Å². The van der Waals surface area contributed by atoms with Gasteiger partial charge in [-0.2, -0.15) is 0 Å². The summed E-state index contributed by atoms with van der Waals surface area (Å²) in [7, 11) is 0. The number of hydrogen-bond donors (Lipinski definition) is 2. The molecule has 1 amide bonds. The largest absolute Gasteiger partial charge is 0.489 e. The van der Waals surface area contributed by atoms with Crippen LogP contribution in [-0.4, -0.2) is 24.2 Å². The zero-order chi connectivity index (χ0) is 15.1. The average Bonchev–Trinajstić information content (AvgIpc) is 2.52. The Morgan fingerprint density at radius 1 is 1.14 bits per heavy atom. The highest BCUT2D eigenvalue weighted by Crippen LogP contribution is 2.15. The molecule has 0 spiro atoms. The molecular formula is C16H16FNO3. The van der Waals surface area contributed by atoms with Crippen molar-refractivity contribution in [3.63, 3.8) is 0 Å². The van der Waals surface area contributed by atoms with E-state index in [0.717, 1.165) is 0 Å². The lowest BCUT2D eigenvalue weighted by atomic mass is 10.2. The number of carbonyl (C=O) groups is 1. The van der Waals surface area contributed by atoms with E-state index in [9.17, 15) is 9.18 Å². The summed E-state index contributed by atoms with van der Waals surface area (Å²) in [5, 5.41) is 11.2. The van der Waals surface area contributed by atoms with Crippen LogP contribution in [0.4, 0.5) is 4.39 Å². The molecule has 2 rings (SSSR count). The fourth-order valence-electron chi connectivity index (χ4n) is 1.75. The zero-order valence-corrected chi connectivity index (χ0v) is 11.4. The lowest BCUT2D eigenvalue weighted by Gasteiger charge is -2.08. The SMILES string of the molecule is O=C(NCCO)c1ccc(OCc2ccccc2F)cc1. The molecule has 0 aliphatic heterocycles. The maximum atomic E-state index is 13.4. The quantitative estimate of drug-likeness (QED) is 0.856. The van der Waals surface area contributed by atoms with E-state index in [2.05, 4.69) is 5.32 Å². The van der Waals surface area contributed by atoms with Crippen LogP contribution in [0, 0.1) is 5.82 Å². The molecular weight excluding hydrogens is 273 g/mol. The second-order valence-corrected chi connectivity index (χ2v) is 4.38. The minimum atomic E-state index is -0.308. The summed E-state index contributed by atoms with van der Waals surface area (Å²) in [6.45, 7) is 0.239. The van der Waals surface area contributed by atoms with Crippen LogP contribution in [0.15, 0.2) is 48.5 Å². The molecule has 0 aromatic heterocycles. The Labute approximate surface area is 122 Å². The second-order valence-electron chi connectivity index (χ2n) is 4.38. The van der Waals surface area contributed by atoms with Gasteiger partial charge < -0.3 is 15.2 Å². The van der Waals surface area contributed by atoms with Crippen LogP contribution in [0.25, 0.3) is 0 Å². The van der Waals surface area contributed by atoms with Gasteiger partial charge in [0.15, 0.2) is 0 Å². The topological polar surface area (TPSA) is 58.6 Å². The van der Waals surface area contributed by atoms with Crippen molar-refractivity contribution in [2.75, 3.05) is 13.2 Å². The molecule has 0 aliphatic carbocycles. The smallest absolute Gasteiger partial charge is 0.251 e. The van der Waals surface area contributed by atoms with Gasteiger partial charge >= 0.3 is 0 Å². The van der Waals surface area contributed by atoms with E-state index < -0.39 is 0 Å². The molecule has 0 saturated heterocycles. The maximum Gasteiger partial charge on any atom is 0.251 e. The van der Waals surface area contributed by atoms with Crippen LogP contribution >= 0.6 is 0 Å². The monoisotopic (exact) mass is 289 g/mol. The maximum absolute atomic E-state index is 13.4. The molecule has 0 aliphatic rings. The fraction of sp³-hybridized carbons (Fsp3) is 0.188. The molecule has 0 fully saturated rings. The van der Waals surface area contributed by atoms with Crippen molar-refractivity contribution in [2.24, 2.45) is 0 Å². The fourth-order valence-corrected chi connectivity index (χ4v) is 1.75. The number of ether oxygens (including phenoxy) is 1. The number of carbonyl (C=O) groups excluding carboxylic acids is 1. The minimum Gasteiger partial charge on any atom is -0.489 e. The lowest BCUT2D eigenvalue weighted by Crippen LogP contribution is -2.26. The van der Waals surface area contributed by atoms with Crippen molar-refractivity contribution in [2.45, 2.75) is 6.61 Å². The Kier molecular flexibility index (Phi) is 5.29. The Morgan fingerprint density at radius 3 is 2.52 bits per heavy atom. The Morgan fingerprint density at radius 2 is 1.86 bits per heavy atom. The molecule has 0 heterocycles. The van der Waals surface area contributed by atoms with E-state index in [4.69, 9.17) is 9.84 Å². The van der Waals surface area contributed by atoms with Gasteiger partial charge in [-0.05, 0) is 30.3 Å². The third-order valence-corrected chi connectivity index (χ3v) is 2.87. The zero-order valence-electron chi connectivity index (χ0n) is 11.4. The summed E-state index contributed by atoms with van der Waals surface area (Å²) >= 11 is 0. The predicted octanol–water partition coefficient (Wildman–Crippen LogP) is 2.13. The van der Waals surface area contributed by atoms with E-state index in [1.54, 1.807) is 42.5 Å². The number of aliphatic hydroxyl groups is 1. The standard InChI is InChI=1S/C16H16FNO3/c17-15-4-2-1-3-13(15)11-21-14-7-5-12(6-8-14)16(20)18-9-10-19/h1-8,19H,9-11H2,(H,18,20). The highest BCUT2D eigenvalue weighted by molar-refractivity contribution is 5.94. The van der Waals surface area contributed by atoms with Crippen LogP contribution in [0.2, 0.25) is 0 Å². The number of benzene rings is 2. The van der Waals surface area contributed by atoms with Gasteiger partial charge in [-0.25, -0.2) is 4.39 Å². The van der Waals surface area contributed by atoms with E-state index in [0.29, 0.717) is 16.9 Å². The van der Waals surface area contributed by atoms with Crippen molar-refractivity contribution in [1.29, 1.82) is 0 Å². The van der Waals surface area contributed by atoms with Crippen LogP contribution in [0.5, 0.6) is 5.75 Å². The molecule has 2 aromatic rings. The molecule has 0 unspecified atom stereocenters. The first-order chi connectivity index (χ1) is 10.2. The van der Waals surface area contributed by atoms with Gasteiger partial charge in [0.1, 0.15) is 18.2 Å². The minimum absolute atomic E-state index is 0.102. The van der Waals surface area contributed by atoms with Crippen molar-refractivity contribution < 1.29 is 19.0 Å². The van der Waals surface area contributed by atoms with E-state index in [1.807, 2.05) is 0 Å². The van der Waals surface area contributed by atoms with Crippen LogP contribution < -0.4 is 10.1 Å². The van der Waals surface area contributed by atoms with Crippen LogP contribution in [-0.2, 0) is 6.61 Å². The molecule has 0 atom stereocenters. The van der Waals surface area contributed by atoms with Gasteiger partial charge in [-0.3, -0.25) is 4.79 Å². The molecule has 2 N–H and O–H groups in total. The van der Waals surface area contributed by atoms with Crippen molar-refractivity contribution in [3.8, 4) is 5.75 Å². The summed E-state index contributed by atoms with van der Waals surface area (Å²) in [5.74, 6) is -0.0147. The first-order valence-electron chi connectivity index (χ1n) is 6.56. The molecule has 0 bridgehead atoms.